The molecule has 3 amide bonds. The van der Waals surface area contributed by atoms with Gasteiger partial charge in [-0.05, 0) is 26.3 Å². The Hall–Kier alpha value is -1.89. The van der Waals surface area contributed by atoms with Gasteiger partial charge >= 0.3 is 6.03 Å². The minimum atomic E-state index is -0.433. The number of rotatable bonds is 4. The monoisotopic (exact) mass is 279 g/mol. The first-order valence-corrected chi connectivity index (χ1v) is 6.98. The minimum absolute atomic E-state index is 0.244. The van der Waals surface area contributed by atoms with Crippen LogP contribution in [0.15, 0.2) is 12.4 Å². The highest BCUT2D eigenvalue weighted by Crippen LogP contribution is 2.23. The highest BCUT2D eigenvalue weighted by atomic mass is 16.2. The number of nitrogens with zero attached hydrogens (tertiary/aromatic N) is 2. The number of imide groups is 1. The predicted molar refractivity (Wildman–Crippen MR) is 74.2 cm³/mol. The number of aromatic amines is 1. The molecule has 1 aromatic rings. The molecular formula is C13H21N5O2. The summed E-state index contributed by atoms with van der Waals surface area (Å²) < 4.78 is 0. The fraction of sp³-hybridized carbons (Fsp3) is 0.615. The molecule has 1 saturated heterocycles. The van der Waals surface area contributed by atoms with Gasteiger partial charge in [-0.2, -0.15) is 0 Å². The van der Waals surface area contributed by atoms with Crippen LogP contribution in [0.5, 0.6) is 0 Å². The van der Waals surface area contributed by atoms with Crippen molar-refractivity contribution < 1.29 is 9.59 Å². The van der Waals surface area contributed by atoms with Crippen molar-refractivity contribution >= 4 is 11.9 Å². The lowest BCUT2D eigenvalue weighted by atomic mass is 9.97. The Bertz CT molecular complexity index is 446. The van der Waals surface area contributed by atoms with E-state index in [2.05, 4.69) is 25.5 Å². The Labute approximate surface area is 118 Å². The number of aromatic nitrogens is 2. The lowest BCUT2D eigenvalue weighted by Crippen LogP contribution is -2.46. The summed E-state index contributed by atoms with van der Waals surface area (Å²) >= 11 is 0. The third-order valence-corrected chi connectivity index (χ3v) is 3.37. The van der Waals surface area contributed by atoms with Crippen LogP contribution in [0.1, 0.15) is 31.5 Å². The fourth-order valence-electron chi connectivity index (χ4n) is 2.50. The number of likely N-dealkylation sites (tertiary alicyclic amines) is 1. The molecule has 2 rings (SSSR count). The number of amides is 3. The molecule has 3 N–H and O–H groups in total. The maximum Gasteiger partial charge on any atom is 0.321 e. The second-order valence-electron chi connectivity index (χ2n) is 4.96. The molecule has 0 spiro atoms. The highest BCUT2D eigenvalue weighted by Gasteiger charge is 2.24. The molecule has 0 radical (unpaired) electrons. The standard InChI is InChI=1S/C13H21N5O2/c1-2-14-13(20)17-11(19)9-18-7-3-4-10(8-18)12-15-5-6-16-12/h5-6,10H,2-4,7-9H2,1H3,(H,15,16)(H2,14,17,19,20)/t10-/m1/s1. The molecule has 7 nitrogen and oxygen atoms in total. The van der Waals surface area contributed by atoms with Gasteiger partial charge in [-0.1, -0.05) is 0 Å². The average Bonchev–Trinajstić information content (AvgIpc) is 2.92. The van der Waals surface area contributed by atoms with Crippen LogP contribution in [0, 0.1) is 0 Å². The third kappa shape index (κ3) is 4.06. The number of nitrogens with one attached hydrogen (secondary N) is 3. The zero-order valence-corrected chi connectivity index (χ0v) is 11.7. The van der Waals surface area contributed by atoms with Crippen molar-refractivity contribution in [2.24, 2.45) is 0 Å². The van der Waals surface area contributed by atoms with Crippen LogP contribution in [0.2, 0.25) is 0 Å². The largest absolute Gasteiger partial charge is 0.348 e. The quantitative estimate of drug-likeness (QED) is 0.745. The van der Waals surface area contributed by atoms with Gasteiger partial charge in [0.25, 0.3) is 0 Å². The first-order valence-electron chi connectivity index (χ1n) is 6.98. The van der Waals surface area contributed by atoms with E-state index in [0.29, 0.717) is 12.5 Å². The molecule has 0 bridgehead atoms. The van der Waals surface area contributed by atoms with E-state index in [-0.39, 0.29) is 12.5 Å². The first-order chi connectivity index (χ1) is 9.69. The zero-order chi connectivity index (χ0) is 14.4. The normalized spacial score (nSPS) is 19.6. The van der Waals surface area contributed by atoms with Gasteiger partial charge < -0.3 is 10.3 Å². The maximum absolute atomic E-state index is 11.8. The third-order valence-electron chi connectivity index (χ3n) is 3.37. The average molecular weight is 279 g/mol. The lowest BCUT2D eigenvalue weighted by molar-refractivity contribution is -0.121. The van der Waals surface area contributed by atoms with Crippen LogP contribution < -0.4 is 10.6 Å². The molecule has 20 heavy (non-hydrogen) atoms. The summed E-state index contributed by atoms with van der Waals surface area (Å²) in [5.41, 5.74) is 0. The van der Waals surface area contributed by atoms with E-state index in [0.717, 1.165) is 31.8 Å². The summed E-state index contributed by atoms with van der Waals surface area (Å²) in [4.78, 5) is 32.5. The maximum atomic E-state index is 11.8. The van der Waals surface area contributed by atoms with Crippen molar-refractivity contribution in [3.05, 3.63) is 18.2 Å². The number of urea groups is 1. The Morgan fingerprint density at radius 2 is 2.40 bits per heavy atom. The van der Waals surface area contributed by atoms with Crippen molar-refractivity contribution in [3.8, 4) is 0 Å². The van der Waals surface area contributed by atoms with Gasteiger partial charge in [0, 0.05) is 31.4 Å². The first kappa shape index (κ1) is 14.5. The van der Waals surface area contributed by atoms with Gasteiger partial charge in [-0.3, -0.25) is 15.0 Å². The lowest BCUT2D eigenvalue weighted by Gasteiger charge is -2.31. The van der Waals surface area contributed by atoms with E-state index < -0.39 is 6.03 Å². The molecule has 0 unspecified atom stereocenters. The molecule has 1 aliphatic rings. The van der Waals surface area contributed by atoms with E-state index in [1.807, 2.05) is 13.1 Å². The molecule has 2 heterocycles. The Balaban J connectivity index is 1.81. The van der Waals surface area contributed by atoms with Gasteiger partial charge in [0.15, 0.2) is 0 Å². The van der Waals surface area contributed by atoms with E-state index >= 15 is 0 Å². The molecule has 1 fully saturated rings. The van der Waals surface area contributed by atoms with E-state index in [9.17, 15) is 9.59 Å². The number of carbonyl (C=O) groups is 2. The Morgan fingerprint density at radius 1 is 1.55 bits per heavy atom. The summed E-state index contributed by atoms with van der Waals surface area (Å²) in [6, 6.07) is -0.433. The summed E-state index contributed by atoms with van der Waals surface area (Å²) in [7, 11) is 0. The van der Waals surface area contributed by atoms with E-state index in [1.54, 1.807) is 6.20 Å². The number of imidazole rings is 1. The second-order valence-corrected chi connectivity index (χ2v) is 4.96. The van der Waals surface area contributed by atoms with Crippen molar-refractivity contribution in [2.45, 2.75) is 25.7 Å². The Morgan fingerprint density at radius 3 is 3.10 bits per heavy atom. The minimum Gasteiger partial charge on any atom is -0.348 e. The smallest absolute Gasteiger partial charge is 0.321 e. The van der Waals surface area contributed by atoms with Crippen molar-refractivity contribution in [2.75, 3.05) is 26.2 Å². The zero-order valence-electron chi connectivity index (χ0n) is 11.7. The van der Waals surface area contributed by atoms with E-state index in [4.69, 9.17) is 0 Å². The Kier molecular flexibility index (Phi) is 5.11. The van der Waals surface area contributed by atoms with Crippen LogP contribution in [-0.2, 0) is 4.79 Å². The molecule has 0 aliphatic carbocycles. The van der Waals surface area contributed by atoms with Gasteiger partial charge in [0.05, 0.1) is 6.54 Å². The summed E-state index contributed by atoms with van der Waals surface area (Å²) in [6.07, 6.45) is 5.66. The predicted octanol–water partition coefficient (Wildman–Crippen LogP) is 0.435. The van der Waals surface area contributed by atoms with Crippen LogP contribution in [-0.4, -0.2) is 53.0 Å². The van der Waals surface area contributed by atoms with Crippen LogP contribution >= 0.6 is 0 Å². The summed E-state index contributed by atoms with van der Waals surface area (Å²) in [5.74, 6) is 1.03. The van der Waals surface area contributed by atoms with Crippen LogP contribution in [0.25, 0.3) is 0 Å². The number of hydrogen-bond donors (Lipinski definition) is 3. The topological polar surface area (TPSA) is 90.1 Å². The molecule has 0 aromatic carbocycles. The van der Waals surface area contributed by atoms with Crippen LogP contribution in [0.3, 0.4) is 0 Å². The molecule has 1 atom stereocenters. The van der Waals surface area contributed by atoms with Gasteiger partial charge in [-0.15, -0.1) is 0 Å². The highest BCUT2D eigenvalue weighted by molar-refractivity contribution is 5.95. The van der Waals surface area contributed by atoms with Gasteiger partial charge in [0.1, 0.15) is 5.82 Å². The van der Waals surface area contributed by atoms with Crippen molar-refractivity contribution in [1.82, 2.24) is 25.5 Å². The van der Waals surface area contributed by atoms with Gasteiger partial charge in [0.2, 0.25) is 5.91 Å². The molecule has 110 valence electrons. The summed E-state index contributed by atoms with van der Waals surface area (Å²) in [6.45, 7) is 4.22. The van der Waals surface area contributed by atoms with Crippen LogP contribution in [0.4, 0.5) is 4.79 Å². The SMILES string of the molecule is CCNC(=O)NC(=O)CN1CCC[C@@H](c2ncc[nH]2)C1. The fourth-order valence-corrected chi connectivity index (χ4v) is 2.50. The van der Waals surface area contributed by atoms with Crippen molar-refractivity contribution in [3.63, 3.8) is 0 Å². The van der Waals surface area contributed by atoms with Gasteiger partial charge in [-0.25, -0.2) is 9.78 Å². The number of H-pyrrole nitrogens is 1. The molecule has 1 aromatic heterocycles. The molecule has 1 aliphatic heterocycles. The summed E-state index contributed by atoms with van der Waals surface area (Å²) in [5, 5.41) is 4.86. The second kappa shape index (κ2) is 7.04. The number of carbonyl (C=O) groups excluding carboxylic acids is 2. The molecule has 7 heteroatoms. The van der Waals surface area contributed by atoms with Crippen molar-refractivity contribution in [1.29, 1.82) is 0 Å². The number of hydrogen-bond acceptors (Lipinski definition) is 4. The molecular weight excluding hydrogens is 258 g/mol. The molecule has 0 saturated carbocycles. The van der Waals surface area contributed by atoms with E-state index in [1.165, 1.54) is 0 Å². The number of piperidine rings is 1.